The Morgan fingerprint density at radius 1 is 1.09 bits per heavy atom. The number of hydrogen-bond acceptors (Lipinski definition) is 7. The molecule has 2 unspecified atom stereocenters. The number of fused-ring (bicyclic) bond motifs is 1. The Morgan fingerprint density at radius 3 is 2.48 bits per heavy atom. The average molecular weight is 504 g/mol. The second kappa shape index (κ2) is 8.10. The van der Waals surface area contributed by atoms with E-state index >= 15 is 0 Å². The first-order valence-corrected chi connectivity index (χ1v) is 12.6. The second-order valence-corrected chi connectivity index (χ2v) is 11.3. The monoisotopic (exact) mass is 502 g/mol. The van der Waals surface area contributed by atoms with Gasteiger partial charge in [-0.25, -0.2) is 4.99 Å². The van der Waals surface area contributed by atoms with Crippen LogP contribution in [0.25, 0.3) is 0 Å². The predicted octanol–water partition coefficient (Wildman–Crippen LogP) is 5.30. The number of hydrogen-bond donors (Lipinski definition) is 2. The topological polar surface area (TPSA) is 74.1 Å². The molecule has 0 saturated carbocycles. The van der Waals surface area contributed by atoms with E-state index in [1.165, 1.54) is 23.0 Å². The molecule has 0 aliphatic carbocycles. The molecule has 0 spiro atoms. The summed E-state index contributed by atoms with van der Waals surface area (Å²) >= 11 is 14.6. The van der Waals surface area contributed by atoms with Crippen LogP contribution in [0.1, 0.15) is 32.8 Å². The van der Waals surface area contributed by atoms with E-state index in [-0.39, 0.29) is 5.41 Å². The van der Waals surface area contributed by atoms with Crippen LogP contribution < -0.4 is 26.2 Å². The summed E-state index contributed by atoms with van der Waals surface area (Å²) in [5, 5.41) is 1.85. The van der Waals surface area contributed by atoms with E-state index in [4.69, 9.17) is 39.7 Å². The molecule has 33 heavy (non-hydrogen) atoms. The quantitative estimate of drug-likeness (QED) is 0.580. The smallest absolute Gasteiger partial charge is 0.136 e. The fourth-order valence-electron chi connectivity index (χ4n) is 4.92. The minimum atomic E-state index is -0.495. The van der Waals surface area contributed by atoms with Crippen molar-refractivity contribution in [3.8, 4) is 0 Å². The molecule has 6 nitrogen and oxygen atoms in total. The molecule has 174 valence electrons. The normalized spacial score (nSPS) is 24.1. The van der Waals surface area contributed by atoms with Gasteiger partial charge in [-0.05, 0) is 48.6 Å². The summed E-state index contributed by atoms with van der Waals surface area (Å²) in [7, 11) is 2.14. The number of nitrogens with zero attached hydrogens (tertiary/aromatic N) is 4. The number of benzene rings is 2. The zero-order valence-electron chi connectivity index (χ0n) is 19.1. The van der Waals surface area contributed by atoms with Gasteiger partial charge in [0.15, 0.2) is 0 Å². The van der Waals surface area contributed by atoms with E-state index in [1.54, 1.807) is 12.1 Å². The fourth-order valence-corrected chi connectivity index (χ4v) is 6.58. The van der Waals surface area contributed by atoms with Crippen molar-refractivity contribution in [1.82, 2.24) is 0 Å². The third kappa shape index (κ3) is 3.61. The van der Waals surface area contributed by atoms with Gasteiger partial charge in [-0.3, -0.25) is 0 Å². The second-order valence-electron chi connectivity index (χ2n) is 9.37. The summed E-state index contributed by atoms with van der Waals surface area (Å²) in [6, 6.07) is 12.0. The van der Waals surface area contributed by atoms with E-state index in [9.17, 15) is 0 Å². The highest BCUT2D eigenvalue weighted by Gasteiger charge is 2.42. The fraction of sp³-hybridized carbons (Fsp3) is 0.375. The van der Waals surface area contributed by atoms with E-state index in [2.05, 4.69) is 48.9 Å². The number of rotatable bonds is 2. The highest BCUT2D eigenvalue weighted by atomic mass is 35.5. The van der Waals surface area contributed by atoms with Crippen LogP contribution in [0.15, 0.2) is 52.1 Å². The Balaban J connectivity index is 1.58. The summed E-state index contributed by atoms with van der Waals surface area (Å²) in [5.41, 5.74) is 18.2. The number of aliphatic imine (C=N–C) groups is 1. The Morgan fingerprint density at radius 2 is 1.79 bits per heavy atom. The van der Waals surface area contributed by atoms with E-state index in [0.717, 1.165) is 35.2 Å². The lowest BCUT2D eigenvalue weighted by Gasteiger charge is -2.41. The van der Waals surface area contributed by atoms with Crippen molar-refractivity contribution in [2.24, 2.45) is 16.5 Å². The number of para-hydroxylation sites is 1. The summed E-state index contributed by atoms with van der Waals surface area (Å²) in [6.45, 7) is 7.60. The van der Waals surface area contributed by atoms with Gasteiger partial charge in [0, 0.05) is 25.0 Å². The molecule has 0 amide bonds. The van der Waals surface area contributed by atoms with Gasteiger partial charge in [0.25, 0.3) is 0 Å². The number of amidine groups is 1. The molecule has 0 bridgehead atoms. The van der Waals surface area contributed by atoms with Crippen molar-refractivity contribution in [3.63, 3.8) is 0 Å². The maximum absolute atomic E-state index is 6.92. The van der Waals surface area contributed by atoms with Crippen molar-refractivity contribution >= 4 is 57.9 Å². The molecule has 2 atom stereocenters. The van der Waals surface area contributed by atoms with Gasteiger partial charge in [0.1, 0.15) is 22.5 Å². The largest absolute Gasteiger partial charge is 0.374 e. The zero-order valence-corrected chi connectivity index (χ0v) is 21.5. The van der Waals surface area contributed by atoms with Crippen molar-refractivity contribution in [2.75, 3.05) is 28.3 Å². The van der Waals surface area contributed by atoms with Crippen LogP contribution in [0.2, 0.25) is 10.0 Å². The van der Waals surface area contributed by atoms with E-state index in [1.807, 2.05) is 17.9 Å². The lowest BCUT2D eigenvalue weighted by molar-refractivity contribution is 0.462. The molecule has 3 heterocycles. The Hall–Kier alpha value is -1.90. The number of thioether (sulfide) groups is 1. The predicted molar refractivity (Wildman–Crippen MR) is 142 cm³/mol. The Bertz CT molecular complexity index is 1170. The highest BCUT2D eigenvalue weighted by molar-refractivity contribution is 8.04. The lowest BCUT2D eigenvalue weighted by atomic mass is 9.77. The van der Waals surface area contributed by atoms with Gasteiger partial charge in [0.2, 0.25) is 0 Å². The minimum absolute atomic E-state index is 0.135. The van der Waals surface area contributed by atoms with Crippen molar-refractivity contribution in [1.29, 1.82) is 0 Å². The maximum Gasteiger partial charge on any atom is 0.136 e. The molecular formula is C24H28Cl2N6S. The van der Waals surface area contributed by atoms with Crippen LogP contribution in [0, 0.1) is 0 Å². The molecule has 5 rings (SSSR count). The standard InChI is InChI=1S/C24H28Cl2N6S/c1-13-29-22-20(32(23(28)33-22)19-16(25)6-5-7-17(19)26)21(27)31(13)14-8-9-15-18(12-14)30(4)11-10-24(15,2)3/h5-9,12,21,23H,10-11,27-28H2,1-4H3. The van der Waals surface area contributed by atoms with Gasteiger partial charge in [-0.2, -0.15) is 0 Å². The molecule has 0 fully saturated rings. The van der Waals surface area contributed by atoms with Crippen molar-refractivity contribution < 1.29 is 0 Å². The molecule has 9 heteroatoms. The summed E-state index contributed by atoms with van der Waals surface area (Å²) in [5.74, 6) is 0.825. The number of nitrogens with two attached hydrogens (primary N) is 2. The van der Waals surface area contributed by atoms with Gasteiger partial charge in [-0.1, -0.05) is 60.9 Å². The minimum Gasteiger partial charge on any atom is -0.374 e. The number of halogens is 2. The molecule has 2 aromatic rings. The third-order valence-corrected chi connectivity index (χ3v) is 8.37. The van der Waals surface area contributed by atoms with Gasteiger partial charge < -0.3 is 26.2 Å². The van der Waals surface area contributed by atoms with Gasteiger partial charge in [0.05, 0.1) is 21.4 Å². The van der Waals surface area contributed by atoms with Crippen LogP contribution in [0.4, 0.5) is 17.1 Å². The molecule has 0 saturated heterocycles. The first-order valence-electron chi connectivity index (χ1n) is 11.0. The highest BCUT2D eigenvalue weighted by Crippen LogP contribution is 2.48. The first-order chi connectivity index (χ1) is 15.6. The SMILES string of the molecule is CC1=NC2=C(C(N)N1c1ccc3c(c1)N(C)CCC3(C)C)N(c1c(Cl)cccc1Cl)C(N)S2. The molecule has 3 aliphatic rings. The Kier molecular flexibility index (Phi) is 5.61. The molecule has 2 aromatic carbocycles. The van der Waals surface area contributed by atoms with Crippen LogP contribution in [0.5, 0.6) is 0 Å². The third-order valence-electron chi connectivity index (χ3n) is 6.79. The van der Waals surface area contributed by atoms with Crippen molar-refractivity contribution in [2.45, 2.75) is 44.3 Å². The van der Waals surface area contributed by atoms with Crippen molar-refractivity contribution in [3.05, 3.63) is 62.7 Å². The number of anilines is 3. The van der Waals surface area contributed by atoms with Crippen LogP contribution in [-0.2, 0) is 5.41 Å². The molecule has 0 radical (unpaired) electrons. The first kappa shape index (κ1) is 22.9. The van der Waals surface area contributed by atoms with Crippen LogP contribution >= 0.6 is 35.0 Å². The average Bonchev–Trinajstić information content (AvgIpc) is 3.06. The van der Waals surface area contributed by atoms with E-state index < -0.39 is 11.7 Å². The summed E-state index contributed by atoms with van der Waals surface area (Å²) in [6.07, 6.45) is 0.629. The van der Waals surface area contributed by atoms with Crippen LogP contribution in [-0.4, -0.2) is 31.1 Å². The summed E-state index contributed by atoms with van der Waals surface area (Å²) in [4.78, 5) is 11.2. The van der Waals surface area contributed by atoms with Gasteiger partial charge >= 0.3 is 0 Å². The molecular weight excluding hydrogens is 475 g/mol. The molecule has 3 aliphatic heterocycles. The van der Waals surface area contributed by atoms with Crippen LogP contribution in [0.3, 0.4) is 0 Å². The lowest BCUT2D eigenvalue weighted by Crippen LogP contribution is -2.53. The van der Waals surface area contributed by atoms with E-state index in [0.29, 0.717) is 15.7 Å². The Labute approximate surface area is 209 Å². The molecule has 0 aromatic heterocycles. The summed E-state index contributed by atoms with van der Waals surface area (Å²) < 4.78 is 0. The maximum atomic E-state index is 6.92. The molecule has 4 N–H and O–H groups in total. The zero-order chi connectivity index (χ0) is 23.7. The van der Waals surface area contributed by atoms with Gasteiger partial charge in [-0.15, -0.1) is 0 Å².